The van der Waals surface area contributed by atoms with Crippen molar-refractivity contribution < 1.29 is 0 Å². The zero-order chi connectivity index (χ0) is 13.2. The molecule has 0 amide bonds. The van der Waals surface area contributed by atoms with E-state index >= 15 is 0 Å². The highest BCUT2D eigenvalue weighted by molar-refractivity contribution is 6.08. The van der Waals surface area contributed by atoms with E-state index in [1.807, 2.05) is 12.1 Å². The average Bonchev–Trinajstić information content (AvgIpc) is 2.48. The molecule has 0 aliphatic heterocycles. The number of nitrogens with zero attached hydrogens (tertiary/aromatic N) is 1. The highest BCUT2D eigenvalue weighted by atomic mass is 14.7. The van der Waals surface area contributed by atoms with Crippen molar-refractivity contribution in [2.45, 2.75) is 25.7 Å². The van der Waals surface area contributed by atoms with E-state index in [0.717, 1.165) is 24.1 Å². The minimum absolute atomic E-state index is 0.712. The third-order valence-electron chi connectivity index (χ3n) is 3.82. The molecular formula is C16H17N3. The van der Waals surface area contributed by atoms with E-state index in [9.17, 15) is 0 Å². The molecule has 1 aliphatic carbocycles. The summed E-state index contributed by atoms with van der Waals surface area (Å²) in [5, 5.41) is 8.76. The predicted molar refractivity (Wildman–Crippen MR) is 79.3 cm³/mol. The number of benzene rings is 1. The van der Waals surface area contributed by atoms with Gasteiger partial charge < -0.3 is 11.1 Å². The van der Waals surface area contributed by atoms with Crippen molar-refractivity contribution in [2.24, 2.45) is 5.73 Å². The maximum absolute atomic E-state index is 7.51. The molecule has 1 heterocycles. The minimum Gasteiger partial charge on any atom is -0.404 e. The van der Waals surface area contributed by atoms with Gasteiger partial charge in [0, 0.05) is 23.4 Å². The molecule has 3 N–H and O–H groups in total. The summed E-state index contributed by atoms with van der Waals surface area (Å²) in [6.07, 6.45) is 7.34. The predicted octanol–water partition coefficient (Wildman–Crippen LogP) is 3.06. The fourth-order valence-electron chi connectivity index (χ4n) is 2.91. The van der Waals surface area contributed by atoms with Crippen LogP contribution in [0.3, 0.4) is 0 Å². The van der Waals surface area contributed by atoms with E-state index in [-0.39, 0.29) is 0 Å². The number of hydrogen-bond donors (Lipinski definition) is 2. The molecule has 0 atom stereocenters. The second-order valence-electron chi connectivity index (χ2n) is 4.91. The fourth-order valence-corrected chi connectivity index (χ4v) is 2.91. The molecule has 2 aromatic rings. The summed E-state index contributed by atoms with van der Waals surface area (Å²) < 4.78 is 0. The number of aryl methyl sites for hydroxylation is 1. The lowest BCUT2D eigenvalue weighted by molar-refractivity contribution is 0.686. The van der Waals surface area contributed by atoms with Crippen LogP contribution in [0.4, 0.5) is 0 Å². The number of para-hydroxylation sites is 1. The van der Waals surface area contributed by atoms with Crippen LogP contribution in [0.25, 0.3) is 16.5 Å². The van der Waals surface area contributed by atoms with E-state index in [0.29, 0.717) is 5.57 Å². The summed E-state index contributed by atoms with van der Waals surface area (Å²) in [6.45, 7) is 0. The Kier molecular flexibility index (Phi) is 3.03. The average molecular weight is 251 g/mol. The molecule has 0 saturated heterocycles. The smallest absolute Gasteiger partial charge is 0.0774 e. The largest absolute Gasteiger partial charge is 0.404 e. The standard InChI is InChI=1S/C16H17N3/c17-9-11(10-18)16-14-7-2-1-5-12(14)13-6-3-4-8-15(13)19-16/h3-4,6,8-10,17H,1-2,5,7,18H2/b11-10+,17-9?. The van der Waals surface area contributed by atoms with Crippen LogP contribution >= 0.6 is 0 Å². The summed E-state index contributed by atoms with van der Waals surface area (Å²) in [6, 6.07) is 8.25. The van der Waals surface area contributed by atoms with E-state index in [4.69, 9.17) is 16.1 Å². The molecule has 0 radical (unpaired) electrons. The van der Waals surface area contributed by atoms with Crippen molar-refractivity contribution in [2.75, 3.05) is 0 Å². The van der Waals surface area contributed by atoms with Crippen molar-refractivity contribution in [3.8, 4) is 0 Å². The van der Waals surface area contributed by atoms with Crippen molar-refractivity contribution in [3.63, 3.8) is 0 Å². The molecule has 96 valence electrons. The second-order valence-corrected chi connectivity index (χ2v) is 4.91. The van der Waals surface area contributed by atoms with Gasteiger partial charge in [-0.05, 0) is 42.9 Å². The number of aromatic nitrogens is 1. The number of rotatable bonds is 2. The molecular weight excluding hydrogens is 234 g/mol. The molecule has 3 heteroatoms. The highest BCUT2D eigenvalue weighted by Crippen LogP contribution is 2.32. The number of allylic oxidation sites excluding steroid dienone is 1. The summed E-state index contributed by atoms with van der Waals surface area (Å²) in [5.41, 5.74) is 10.9. The molecule has 1 aromatic heterocycles. The Morgan fingerprint density at radius 2 is 1.89 bits per heavy atom. The number of fused-ring (bicyclic) bond motifs is 3. The Bertz CT molecular complexity index is 671. The van der Waals surface area contributed by atoms with Crippen LogP contribution in [0.1, 0.15) is 29.7 Å². The van der Waals surface area contributed by atoms with Crippen molar-refractivity contribution >= 4 is 22.7 Å². The van der Waals surface area contributed by atoms with Crippen LogP contribution in [0, 0.1) is 5.41 Å². The molecule has 0 spiro atoms. The third kappa shape index (κ3) is 1.91. The normalized spacial score (nSPS) is 15.3. The molecule has 0 saturated carbocycles. The number of nitrogens with two attached hydrogens (primary N) is 1. The molecule has 19 heavy (non-hydrogen) atoms. The Morgan fingerprint density at radius 1 is 1.16 bits per heavy atom. The molecule has 1 aliphatic rings. The molecule has 0 fully saturated rings. The Labute approximate surface area is 112 Å². The van der Waals surface area contributed by atoms with Crippen LogP contribution in [-0.4, -0.2) is 11.2 Å². The van der Waals surface area contributed by atoms with E-state index < -0.39 is 0 Å². The van der Waals surface area contributed by atoms with Gasteiger partial charge in [0.1, 0.15) is 0 Å². The number of nitrogens with one attached hydrogen (secondary N) is 1. The van der Waals surface area contributed by atoms with Gasteiger partial charge in [-0.3, -0.25) is 0 Å². The van der Waals surface area contributed by atoms with Crippen molar-refractivity contribution in [1.82, 2.24) is 4.98 Å². The first-order chi connectivity index (χ1) is 9.35. The quantitative estimate of drug-likeness (QED) is 0.806. The van der Waals surface area contributed by atoms with E-state index in [1.54, 1.807) is 0 Å². The maximum atomic E-state index is 7.51. The van der Waals surface area contributed by atoms with E-state index in [1.165, 1.54) is 41.8 Å². The van der Waals surface area contributed by atoms with Gasteiger partial charge in [-0.2, -0.15) is 0 Å². The van der Waals surface area contributed by atoms with Crippen LogP contribution in [0.15, 0.2) is 30.5 Å². The minimum atomic E-state index is 0.712. The van der Waals surface area contributed by atoms with Crippen LogP contribution in [0.5, 0.6) is 0 Å². The fraction of sp³-hybridized carbons (Fsp3) is 0.250. The first-order valence-electron chi connectivity index (χ1n) is 6.68. The van der Waals surface area contributed by atoms with Gasteiger partial charge in [-0.25, -0.2) is 4.98 Å². The van der Waals surface area contributed by atoms with Crippen LogP contribution in [0.2, 0.25) is 0 Å². The molecule has 3 nitrogen and oxygen atoms in total. The zero-order valence-electron chi connectivity index (χ0n) is 10.8. The lowest BCUT2D eigenvalue weighted by atomic mass is 9.86. The van der Waals surface area contributed by atoms with Gasteiger partial charge >= 0.3 is 0 Å². The summed E-state index contributed by atoms with van der Waals surface area (Å²) >= 11 is 0. The van der Waals surface area contributed by atoms with Crippen molar-refractivity contribution in [3.05, 3.63) is 47.3 Å². The molecule has 0 unspecified atom stereocenters. The maximum Gasteiger partial charge on any atom is 0.0774 e. The zero-order valence-corrected chi connectivity index (χ0v) is 10.8. The van der Waals surface area contributed by atoms with Crippen molar-refractivity contribution in [1.29, 1.82) is 5.41 Å². The molecule has 1 aromatic carbocycles. The molecule has 3 rings (SSSR count). The number of pyridine rings is 1. The summed E-state index contributed by atoms with van der Waals surface area (Å²) in [7, 11) is 0. The number of hydrogen-bond acceptors (Lipinski definition) is 3. The Morgan fingerprint density at radius 3 is 2.63 bits per heavy atom. The van der Waals surface area contributed by atoms with Crippen LogP contribution < -0.4 is 5.73 Å². The summed E-state index contributed by atoms with van der Waals surface area (Å²) in [5.74, 6) is 0. The topological polar surface area (TPSA) is 62.8 Å². The summed E-state index contributed by atoms with van der Waals surface area (Å²) in [4.78, 5) is 4.73. The van der Waals surface area contributed by atoms with Gasteiger partial charge in [0.2, 0.25) is 0 Å². The van der Waals surface area contributed by atoms with Gasteiger partial charge in [0.25, 0.3) is 0 Å². The molecule has 0 bridgehead atoms. The SMILES string of the molecule is N=C/C(=C\N)c1nc2ccccc2c2c1CCCC2. The van der Waals surface area contributed by atoms with E-state index in [2.05, 4.69) is 12.1 Å². The van der Waals surface area contributed by atoms with Gasteiger partial charge in [-0.1, -0.05) is 18.2 Å². The first-order valence-corrected chi connectivity index (χ1v) is 6.68. The van der Waals surface area contributed by atoms with Gasteiger partial charge in [0.15, 0.2) is 0 Å². The first kappa shape index (κ1) is 11.9. The third-order valence-corrected chi connectivity index (χ3v) is 3.82. The monoisotopic (exact) mass is 251 g/mol. The Hall–Kier alpha value is -2.16. The van der Waals surface area contributed by atoms with Crippen LogP contribution in [-0.2, 0) is 12.8 Å². The van der Waals surface area contributed by atoms with Gasteiger partial charge in [0.05, 0.1) is 11.2 Å². The lowest BCUT2D eigenvalue weighted by Crippen LogP contribution is -2.10. The van der Waals surface area contributed by atoms with Gasteiger partial charge in [-0.15, -0.1) is 0 Å². The highest BCUT2D eigenvalue weighted by Gasteiger charge is 2.19. The lowest BCUT2D eigenvalue weighted by Gasteiger charge is -2.21. The second kappa shape index (κ2) is 4.84. The Balaban J connectivity index is 2.36.